The molecule has 0 heterocycles. The van der Waals surface area contributed by atoms with Crippen molar-refractivity contribution in [3.63, 3.8) is 0 Å². The van der Waals surface area contributed by atoms with Gasteiger partial charge >= 0.3 is 12.1 Å². The quantitative estimate of drug-likeness (QED) is 0.140. The van der Waals surface area contributed by atoms with Gasteiger partial charge in [-0.15, -0.1) is 0 Å². The summed E-state index contributed by atoms with van der Waals surface area (Å²) in [7, 11) is -1.43. The molecule has 0 saturated carbocycles. The first-order valence-electron chi connectivity index (χ1n) is 10.2. The summed E-state index contributed by atoms with van der Waals surface area (Å²) in [5.74, 6) is -0.738. The Bertz CT molecular complexity index is 580. The van der Waals surface area contributed by atoms with Gasteiger partial charge in [0.1, 0.15) is 0 Å². The van der Waals surface area contributed by atoms with E-state index in [2.05, 4.69) is 41.4 Å². The molecule has 0 saturated heterocycles. The van der Waals surface area contributed by atoms with Crippen LogP contribution >= 0.6 is 0 Å². The lowest BCUT2D eigenvalue weighted by atomic mass is 10.1. The molecule has 0 fully saturated rings. The number of carbonyl (C=O) groups excluding carboxylic acids is 2. The number of hydrogen-bond acceptors (Lipinski definition) is 6. The highest BCUT2D eigenvalue weighted by atomic mass is 28.3. The Morgan fingerprint density at radius 1 is 0.821 bits per heavy atom. The maximum Gasteiger partial charge on any atom is 0.543 e. The smallest absolute Gasteiger partial charge is 0.432 e. The second-order valence-corrected chi connectivity index (χ2v) is 13.0. The van der Waals surface area contributed by atoms with Crippen LogP contribution in [0.2, 0.25) is 19.6 Å². The molecule has 0 aliphatic carbocycles. The van der Waals surface area contributed by atoms with Crippen LogP contribution in [0.15, 0.2) is 24.3 Å². The van der Waals surface area contributed by atoms with E-state index >= 15 is 0 Å². The predicted octanol–water partition coefficient (Wildman–Crippen LogP) is 5.53. The van der Waals surface area contributed by atoms with Gasteiger partial charge < -0.3 is 4.74 Å². The summed E-state index contributed by atoms with van der Waals surface area (Å²) in [4.78, 5) is 32.0. The maximum atomic E-state index is 11.8. The van der Waals surface area contributed by atoms with E-state index in [1.165, 1.54) is 37.3 Å². The van der Waals surface area contributed by atoms with E-state index in [4.69, 9.17) is 4.74 Å². The highest BCUT2D eigenvalue weighted by Crippen LogP contribution is 2.09. The normalized spacial score (nSPS) is 11.1. The van der Waals surface area contributed by atoms with Gasteiger partial charge in [-0.2, -0.15) is 0 Å². The van der Waals surface area contributed by atoms with Crippen molar-refractivity contribution >= 4 is 25.4 Å². The van der Waals surface area contributed by atoms with Crippen molar-refractivity contribution in [3.8, 4) is 0 Å². The van der Waals surface area contributed by atoms with Crippen molar-refractivity contribution in [2.24, 2.45) is 0 Å². The van der Waals surface area contributed by atoms with Gasteiger partial charge in [-0.05, 0) is 18.6 Å². The minimum absolute atomic E-state index is 0.253. The molecule has 0 spiro atoms. The Balaban J connectivity index is 2.10. The zero-order valence-corrected chi connectivity index (χ0v) is 18.6. The average molecular weight is 411 g/mol. The fourth-order valence-corrected chi connectivity index (χ4v) is 3.81. The topological polar surface area (TPSA) is 71.1 Å². The van der Waals surface area contributed by atoms with Crippen molar-refractivity contribution in [1.82, 2.24) is 0 Å². The summed E-state index contributed by atoms with van der Waals surface area (Å²) in [5.41, 5.74) is 0.318. The number of benzene rings is 1. The third kappa shape index (κ3) is 10.5. The van der Waals surface area contributed by atoms with E-state index in [9.17, 15) is 9.59 Å². The van der Waals surface area contributed by atoms with E-state index in [-0.39, 0.29) is 6.61 Å². The Morgan fingerprint density at radius 2 is 1.39 bits per heavy atom. The van der Waals surface area contributed by atoms with Crippen LogP contribution in [-0.4, -0.2) is 26.8 Å². The number of unbranched alkanes of at least 4 members (excludes halogenated alkanes) is 7. The van der Waals surface area contributed by atoms with E-state index in [1.807, 2.05) is 12.1 Å². The average Bonchev–Trinajstić information content (AvgIpc) is 2.66. The molecule has 0 amide bonds. The first kappa shape index (κ1) is 24.2. The molecule has 0 N–H and O–H groups in total. The number of ether oxygens (including phenoxy) is 1. The maximum absolute atomic E-state index is 11.8. The van der Waals surface area contributed by atoms with Crippen molar-refractivity contribution in [1.29, 1.82) is 0 Å². The van der Waals surface area contributed by atoms with E-state index in [1.54, 1.807) is 12.1 Å². The van der Waals surface area contributed by atoms with Crippen LogP contribution in [-0.2, 0) is 19.6 Å². The summed E-state index contributed by atoms with van der Waals surface area (Å²) in [5, 5.41) is 5.45. The molecule has 0 unspecified atom stereocenters. The molecule has 0 aliphatic rings. The number of carbonyl (C=O) groups is 2. The zero-order chi connectivity index (χ0) is 20.8. The molecular weight excluding hydrogens is 376 g/mol. The van der Waals surface area contributed by atoms with Gasteiger partial charge in [-0.3, -0.25) is 4.89 Å². The van der Waals surface area contributed by atoms with Gasteiger partial charge in [0, 0.05) is 0 Å². The standard InChI is InChI=1S/C21H34O6Si/c1-5-6-7-8-9-10-11-12-17-24-21(23)26-27-25-20(22)18-13-15-19(16-14-18)28(2,3)4/h13-16H,5-12,17H2,1-4H3. The molecule has 0 radical (unpaired) electrons. The minimum atomic E-state index is -1.43. The van der Waals surface area contributed by atoms with Gasteiger partial charge in [0.05, 0.1) is 25.3 Å². The molecule has 158 valence electrons. The van der Waals surface area contributed by atoms with Gasteiger partial charge in [-0.1, -0.05) is 88.8 Å². The van der Waals surface area contributed by atoms with Crippen LogP contribution in [0.25, 0.3) is 0 Å². The number of rotatable bonds is 13. The van der Waals surface area contributed by atoms with Crippen LogP contribution in [0.5, 0.6) is 0 Å². The molecule has 1 aromatic rings. The molecule has 28 heavy (non-hydrogen) atoms. The summed E-state index contributed by atoms with van der Waals surface area (Å²) in [6.07, 6.45) is 8.19. The Morgan fingerprint density at radius 3 is 1.96 bits per heavy atom. The Labute approximate surface area is 169 Å². The molecule has 0 bridgehead atoms. The fourth-order valence-electron chi connectivity index (χ4n) is 2.65. The van der Waals surface area contributed by atoms with Gasteiger partial charge in [-0.25, -0.2) is 14.5 Å². The van der Waals surface area contributed by atoms with Crippen LogP contribution in [0.4, 0.5) is 4.79 Å². The molecular formula is C21H34O6Si. The molecule has 0 aliphatic heterocycles. The summed E-state index contributed by atoms with van der Waals surface area (Å²) < 4.78 is 4.85. The fraction of sp³-hybridized carbons (Fsp3) is 0.619. The molecule has 1 aromatic carbocycles. The largest absolute Gasteiger partial charge is 0.543 e. The third-order valence-corrected chi connectivity index (χ3v) is 6.48. The SMILES string of the molecule is CCCCCCCCCCOC(=O)OOOC(=O)c1ccc([Si](C)(C)C)cc1. The summed E-state index contributed by atoms with van der Waals surface area (Å²) in [6.45, 7) is 9.11. The first-order valence-corrected chi connectivity index (χ1v) is 13.7. The van der Waals surface area contributed by atoms with Crippen LogP contribution in [0.3, 0.4) is 0 Å². The summed E-state index contributed by atoms with van der Waals surface area (Å²) >= 11 is 0. The van der Waals surface area contributed by atoms with E-state index in [0.29, 0.717) is 5.56 Å². The lowest BCUT2D eigenvalue weighted by Gasteiger charge is -2.16. The van der Waals surface area contributed by atoms with E-state index < -0.39 is 20.2 Å². The van der Waals surface area contributed by atoms with Gasteiger partial charge in [0.15, 0.2) is 0 Å². The first-order chi connectivity index (χ1) is 13.3. The van der Waals surface area contributed by atoms with Crippen molar-refractivity contribution < 1.29 is 29.1 Å². The zero-order valence-electron chi connectivity index (χ0n) is 17.6. The molecule has 1 rings (SSSR count). The molecule has 7 heteroatoms. The van der Waals surface area contributed by atoms with Crippen LogP contribution < -0.4 is 5.19 Å². The highest BCUT2D eigenvalue weighted by Gasteiger charge is 2.17. The van der Waals surface area contributed by atoms with Gasteiger partial charge in [0.2, 0.25) is 0 Å². The van der Waals surface area contributed by atoms with Crippen molar-refractivity contribution in [3.05, 3.63) is 29.8 Å². The highest BCUT2D eigenvalue weighted by molar-refractivity contribution is 6.88. The number of hydrogen-bond donors (Lipinski definition) is 0. The second-order valence-electron chi connectivity index (χ2n) is 7.92. The monoisotopic (exact) mass is 410 g/mol. The predicted molar refractivity (Wildman–Crippen MR) is 111 cm³/mol. The molecule has 0 aromatic heterocycles. The lowest BCUT2D eigenvalue weighted by molar-refractivity contribution is -0.452. The third-order valence-electron chi connectivity index (χ3n) is 4.42. The van der Waals surface area contributed by atoms with Crippen molar-refractivity contribution in [2.45, 2.75) is 77.9 Å². The molecule has 6 nitrogen and oxygen atoms in total. The van der Waals surface area contributed by atoms with E-state index in [0.717, 1.165) is 19.3 Å². The van der Waals surface area contributed by atoms with Gasteiger partial charge in [0.25, 0.3) is 0 Å². The summed E-state index contributed by atoms with van der Waals surface area (Å²) in [6, 6.07) is 7.14. The Kier molecular flexibility index (Phi) is 11.5. The lowest BCUT2D eigenvalue weighted by Crippen LogP contribution is -2.37. The van der Waals surface area contributed by atoms with Crippen LogP contribution in [0.1, 0.15) is 68.6 Å². The minimum Gasteiger partial charge on any atom is -0.432 e. The Hall–Kier alpha value is -1.86. The van der Waals surface area contributed by atoms with Crippen LogP contribution in [0, 0.1) is 0 Å². The molecule has 0 atom stereocenters. The second kappa shape index (κ2) is 13.3. The van der Waals surface area contributed by atoms with Crippen molar-refractivity contribution in [2.75, 3.05) is 6.61 Å².